The molecule has 0 fully saturated rings. The number of unbranched alkanes of at least 4 members (excludes halogenated alkanes) is 1. The zero-order chi connectivity index (χ0) is 14.4. The van der Waals surface area contributed by atoms with Gasteiger partial charge >= 0.3 is 0 Å². The molecule has 0 amide bonds. The summed E-state index contributed by atoms with van der Waals surface area (Å²) < 4.78 is 0. The molecule has 0 unspecified atom stereocenters. The van der Waals surface area contributed by atoms with E-state index in [4.69, 9.17) is 0 Å². The smallest absolute Gasteiger partial charge is 0.129 e. The largest absolute Gasteiger partial charge is 0.300 e. The predicted molar refractivity (Wildman–Crippen MR) is 80.2 cm³/mol. The highest BCUT2D eigenvalue weighted by Gasteiger charge is 1.76. The van der Waals surface area contributed by atoms with E-state index in [0.29, 0.717) is 6.42 Å². The van der Waals surface area contributed by atoms with Crippen molar-refractivity contribution in [1.82, 2.24) is 0 Å². The molecule has 0 saturated heterocycles. The number of hydrogen-bond donors (Lipinski definition) is 0. The summed E-state index contributed by atoms with van der Waals surface area (Å²) in [5.41, 5.74) is 0. The minimum absolute atomic E-state index is 0.255. The van der Waals surface area contributed by atoms with Crippen molar-refractivity contribution >= 4 is 5.78 Å². The van der Waals surface area contributed by atoms with Crippen molar-refractivity contribution in [3.63, 3.8) is 0 Å². The Kier molecular flexibility index (Phi) is 114. The summed E-state index contributed by atoms with van der Waals surface area (Å²) in [5, 5.41) is 0. The third-order valence-corrected chi connectivity index (χ3v) is 0.998. The van der Waals surface area contributed by atoms with E-state index in [9.17, 15) is 4.79 Å². The minimum atomic E-state index is 0.255. The average Bonchev–Trinajstić information content (AvgIpc) is 2.35. The molecule has 0 rings (SSSR count). The van der Waals surface area contributed by atoms with Gasteiger partial charge in [0.15, 0.2) is 0 Å². The van der Waals surface area contributed by atoms with E-state index in [1.807, 2.05) is 34.6 Å². The maximum absolute atomic E-state index is 9.81. The molecule has 0 aliphatic carbocycles. The number of Topliss-reactive ketones (excluding diaryl/α,β-unsaturated/α-hetero) is 1. The van der Waals surface area contributed by atoms with E-state index in [1.54, 1.807) is 6.92 Å². The Labute approximate surface area is 106 Å². The van der Waals surface area contributed by atoms with Gasteiger partial charge in [0.1, 0.15) is 5.78 Å². The number of ketones is 1. The predicted octanol–water partition coefficient (Wildman–Crippen LogP) is 6.26. The van der Waals surface area contributed by atoms with E-state index in [-0.39, 0.29) is 5.78 Å². The van der Waals surface area contributed by atoms with Crippen LogP contribution in [0.3, 0.4) is 0 Å². The van der Waals surface area contributed by atoms with Gasteiger partial charge in [0.05, 0.1) is 0 Å². The molecule has 1 heteroatoms. The summed E-state index contributed by atoms with van der Waals surface area (Å²) in [4.78, 5) is 9.81. The first-order valence-electron chi connectivity index (χ1n) is 7.09. The Morgan fingerprint density at radius 3 is 0.875 bits per heavy atom. The number of rotatable bonds is 2. The van der Waals surface area contributed by atoms with E-state index in [1.165, 1.54) is 19.3 Å². The lowest BCUT2D eigenvalue weighted by Crippen LogP contribution is -1.80. The second kappa shape index (κ2) is 61.6. The van der Waals surface area contributed by atoms with Gasteiger partial charge < -0.3 is 4.79 Å². The van der Waals surface area contributed by atoms with E-state index in [2.05, 4.69) is 27.7 Å². The van der Waals surface area contributed by atoms with Crippen LogP contribution in [0, 0.1) is 0 Å². The van der Waals surface area contributed by atoms with Crippen LogP contribution in [0.1, 0.15) is 94.9 Å². The Morgan fingerprint density at radius 1 is 0.750 bits per heavy atom. The van der Waals surface area contributed by atoms with Crippen molar-refractivity contribution in [2.75, 3.05) is 0 Å². The van der Waals surface area contributed by atoms with Crippen molar-refractivity contribution in [1.29, 1.82) is 0 Å². The zero-order valence-corrected chi connectivity index (χ0v) is 13.7. The molecule has 0 atom stereocenters. The fourth-order valence-electron chi connectivity index (χ4n) is 0. The molecule has 1 nitrogen and oxygen atoms in total. The molecular weight excluding hydrogens is 196 g/mol. The van der Waals surface area contributed by atoms with Crippen LogP contribution in [0.4, 0.5) is 0 Å². The van der Waals surface area contributed by atoms with Gasteiger partial charge in [-0.1, -0.05) is 81.6 Å². The van der Waals surface area contributed by atoms with Crippen LogP contribution in [0.2, 0.25) is 0 Å². The normalized spacial score (nSPS) is 6.12. The fourth-order valence-corrected chi connectivity index (χ4v) is 0. The van der Waals surface area contributed by atoms with E-state index in [0.717, 1.165) is 0 Å². The molecule has 16 heavy (non-hydrogen) atoms. The molecule has 0 saturated carbocycles. The lowest BCUT2D eigenvalue weighted by atomic mass is 10.4. The first kappa shape index (κ1) is 29.6. The molecule has 0 N–H and O–H groups in total. The van der Waals surface area contributed by atoms with Crippen LogP contribution in [-0.2, 0) is 4.79 Å². The second-order valence-electron chi connectivity index (χ2n) is 2.76. The molecule has 0 heterocycles. The SMILES string of the molecule is CC.CC.CCC.CCC(C)=O.CCCC. The topological polar surface area (TPSA) is 17.1 Å². The fraction of sp³-hybridized carbons (Fsp3) is 0.933. The Balaban J connectivity index is -0.0000000334. The van der Waals surface area contributed by atoms with Crippen LogP contribution in [0.5, 0.6) is 0 Å². The zero-order valence-electron chi connectivity index (χ0n) is 13.7. The highest BCUT2D eigenvalue weighted by atomic mass is 16.1. The highest BCUT2D eigenvalue weighted by Crippen LogP contribution is 1.76. The van der Waals surface area contributed by atoms with Gasteiger partial charge in [-0.15, -0.1) is 0 Å². The number of carbonyl (C=O) groups is 1. The standard InChI is InChI=1S/C4H8O.C4H10.C3H8.2C2H6/c1-3-4(2)5;1-3-4-2;1-3-2;2*1-2/h3H2,1-2H3;3-4H2,1-2H3;3H2,1-2H3;2*1-2H3. The molecule has 0 bridgehead atoms. The first-order chi connectivity index (χ1) is 7.60. The lowest BCUT2D eigenvalue weighted by Gasteiger charge is -1.71. The molecule has 104 valence electrons. The Morgan fingerprint density at radius 2 is 0.875 bits per heavy atom. The van der Waals surface area contributed by atoms with Crippen LogP contribution in [-0.4, -0.2) is 5.78 Å². The van der Waals surface area contributed by atoms with Crippen LogP contribution in [0.15, 0.2) is 0 Å². The van der Waals surface area contributed by atoms with Gasteiger partial charge in [-0.05, 0) is 6.92 Å². The summed E-state index contributed by atoms with van der Waals surface area (Å²) in [5.74, 6) is 0.255. The Hall–Kier alpha value is -0.330. The van der Waals surface area contributed by atoms with Gasteiger partial charge in [0.2, 0.25) is 0 Å². The molecule has 0 aliphatic rings. The molecule has 0 aliphatic heterocycles. The maximum Gasteiger partial charge on any atom is 0.129 e. The third-order valence-electron chi connectivity index (χ3n) is 0.998. The summed E-state index contributed by atoms with van der Waals surface area (Å²) in [6.07, 6.45) is 4.56. The Bertz CT molecular complexity index is 65.8. The van der Waals surface area contributed by atoms with Crippen molar-refractivity contribution in [3.8, 4) is 0 Å². The van der Waals surface area contributed by atoms with E-state index >= 15 is 0 Å². The van der Waals surface area contributed by atoms with Gasteiger partial charge in [-0.2, -0.15) is 0 Å². The molecule has 0 aromatic carbocycles. The van der Waals surface area contributed by atoms with Crippen molar-refractivity contribution < 1.29 is 4.79 Å². The number of hydrogen-bond acceptors (Lipinski definition) is 1. The van der Waals surface area contributed by atoms with Gasteiger partial charge in [0, 0.05) is 6.42 Å². The lowest BCUT2D eigenvalue weighted by molar-refractivity contribution is -0.116. The van der Waals surface area contributed by atoms with Crippen molar-refractivity contribution in [3.05, 3.63) is 0 Å². The third kappa shape index (κ3) is 308. The summed E-state index contributed by atoms with van der Waals surface area (Å²) >= 11 is 0. The monoisotopic (exact) mass is 234 g/mol. The molecule has 0 aromatic rings. The summed E-state index contributed by atoms with van der Waals surface area (Å²) in [6.45, 7) is 20.0. The van der Waals surface area contributed by atoms with Crippen LogP contribution in [0.25, 0.3) is 0 Å². The summed E-state index contributed by atoms with van der Waals surface area (Å²) in [7, 11) is 0. The second-order valence-corrected chi connectivity index (χ2v) is 2.76. The molecule has 0 radical (unpaired) electrons. The quantitative estimate of drug-likeness (QED) is 0.551. The maximum atomic E-state index is 9.81. The number of carbonyl (C=O) groups excluding carboxylic acids is 1. The van der Waals surface area contributed by atoms with E-state index < -0.39 is 0 Å². The molecular formula is C15H38O. The first-order valence-corrected chi connectivity index (χ1v) is 7.09. The highest BCUT2D eigenvalue weighted by molar-refractivity contribution is 5.74. The van der Waals surface area contributed by atoms with Crippen LogP contribution >= 0.6 is 0 Å². The average molecular weight is 234 g/mol. The van der Waals surface area contributed by atoms with Gasteiger partial charge in [-0.3, -0.25) is 0 Å². The van der Waals surface area contributed by atoms with Crippen molar-refractivity contribution in [2.24, 2.45) is 0 Å². The summed E-state index contributed by atoms with van der Waals surface area (Å²) in [6, 6.07) is 0. The van der Waals surface area contributed by atoms with Gasteiger partial charge in [0.25, 0.3) is 0 Å². The molecule has 0 aromatic heterocycles. The van der Waals surface area contributed by atoms with Crippen LogP contribution < -0.4 is 0 Å². The van der Waals surface area contributed by atoms with Gasteiger partial charge in [-0.25, -0.2) is 0 Å². The van der Waals surface area contributed by atoms with Crippen molar-refractivity contribution in [2.45, 2.75) is 94.9 Å². The minimum Gasteiger partial charge on any atom is -0.300 e. The molecule has 0 spiro atoms.